The second-order valence-electron chi connectivity index (χ2n) is 6.30. The fourth-order valence-electron chi connectivity index (χ4n) is 3.37. The molecule has 1 aliphatic rings. The number of nitrogens with zero attached hydrogens (tertiary/aromatic N) is 1. The number of likely N-dealkylation sites (tertiary alicyclic amines) is 1. The smallest absolute Gasteiger partial charge is 0.257 e. The molecule has 3 rings (SSSR count). The minimum absolute atomic E-state index is 0.0434. The van der Waals surface area contributed by atoms with Crippen molar-refractivity contribution in [1.82, 2.24) is 4.90 Å². The molecule has 25 heavy (non-hydrogen) atoms. The lowest BCUT2D eigenvalue weighted by atomic mass is 10.00. The highest BCUT2D eigenvalue weighted by atomic mass is 19.1. The summed E-state index contributed by atoms with van der Waals surface area (Å²) < 4.78 is 19.2. The van der Waals surface area contributed by atoms with Crippen LogP contribution < -0.4 is 4.74 Å². The maximum atomic E-state index is 14.2. The Morgan fingerprint density at radius 2 is 2.08 bits per heavy atom. The Morgan fingerprint density at radius 1 is 1.32 bits per heavy atom. The summed E-state index contributed by atoms with van der Waals surface area (Å²) in [5.41, 5.74) is 0.874. The summed E-state index contributed by atoms with van der Waals surface area (Å²) >= 11 is 0. The number of carbonyl (C=O) groups is 1. The average molecular weight is 343 g/mol. The number of ether oxygens (including phenoxy) is 1. The number of rotatable bonds is 5. The van der Waals surface area contributed by atoms with Crippen LogP contribution in [0.5, 0.6) is 5.75 Å². The highest BCUT2D eigenvalue weighted by molar-refractivity contribution is 5.95. The lowest BCUT2D eigenvalue weighted by Crippen LogP contribution is -2.37. The van der Waals surface area contributed by atoms with Gasteiger partial charge in [0, 0.05) is 18.7 Å². The third-order valence-electron chi connectivity index (χ3n) is 4.72. The summed E-state index contributed by atoms with van der Waals surface area (Å²) in [6, 6.07) is 13.6. The van der Waals surface area contributed by atoms with Crippen molar-refractivity contribution in [1.29, 1.82) is 0 Å². The predicted molar refractivity (Wildman–Crippen MR) is 93.0 cm³/mol. The van der Waals surface area contributed by atoms with E-state index in [0.717, 1.165) is 18.4 Å². The molecule has 2 aromatic carbocycles. The Hall–Kier alpha value is -2.40. The van der Waals surface area contributed by atoms with Gasteiger partial charge in [0.25, 0.3) is 5.91 Å². The molecule has 1 aliphatic heterocycles. The SMILES string of the molecule is COc1ccc(C(=O)N2CCCC2CC(O)c2ccccc2)c(F)c1. The van der Waals surface area contributed by atoms with Gasteiger partial charge in [-0.3, -0.25) is 4.79 Å². The molecule has 0 bridgehead atoms. The molecule has 5 heteroatoms. The number of benzene rings is 2. The Morgan fingerprint density at radius 3 is 2.76 bits per heavy atom. The number of hydrogen-bond donors (Lipinski definition) is 1. The number of halogens is 1. The van der Waals surface area contributed by atoms with Crippen LogP contribution in [0.15, 0.2) is 48.5 Å². The van der Waals surface area contributed by atoms with E-state index in [1.165, 1.54) is 19.2 Å². The summed E-state index contributed by atoms with van der Waals surface area (Å²) in [6.45, 7) is 0.580. The summed E-state index contributed by atoms with van der Waals surface area (Å²) in [4.78, 5) is 14.4. The number of hydrogen-bond acceptors (Lipinski definition) is 3. The van der Waals surface area contributed by atoms with Gasteiger partial charge in [-0.2, -0.15) is 0 Å². The average Bonchev–Trinajstić information content (AvgIpc) is 3.09. The van der Waals surface area contributed by atoms with Gasteiger partial charge in [-0.25, -0.2) is 4.39 Å². The molecule has 0 aliphatic carbocycles. The van der Waals surface area contributed by atoms with Crippen LogP contribution in [0.1, 0.15) is 41.3 Å². The van der Waals surface area contributed by atoms with E-state index in [9.17, 15) is 14.3 Å². The van der Waals surface area contributed by atoms with Crippen LogP contribution in [0.2, 0.25) is 0 Å². The zero-order chi connectivity index (χ0) is 17.8. The number of aliphatic hydroxyl groups is 1. The number of carbonyl (C=O) groups excluding carboxylic acids is 1. The Bertz CT molecular complexity index is 735. The van der Waals surface area contributed by atoms with Gasteiger partial charge in [0.05, 0.1) is 18.8 Å². The molecule has 0 spiro atoms. The van der Waals surface area contributed by atoms with Crippen LogP contribution in [-0.2, 0) is 0 Å². The number of methoxy groups -OCH3 is 1. The molecule has 132 valence electrons. The van der Waals surface area contributed by atoms with Gasteiger partial charge in [0.15, 0.2) is 0 Å². The first-order valence-electron chi connectivity index (χ1n) is 8.47. The molecule has 2 atom stereocenters. The quantitative estimate of drug-likeness (QED) is 0.903. The van der Waals surface area contributed by atoms with Crippen molar-refractivity contribution in [3.05, 3.63) is 65.5 Å². The van der Waals surface area contributed by atoms with Gasteiger partial charge < -0.3 is 14.7 Å². The maximum Gasteiger partial charge on any atom is 0.257 e. The van der Waals surface area contributed by atoms with Gasteiger partial charge in [-0.1, -0.05) is 30.3 Å². The van der Waals surface area contributed by atoms with Gasteiger partial charge in [0.1, 0.15) is 11.6 Å². The number of aliphatic hydroxyl groups excluding tert-OH is 1. The van der Waals surface area contributed by atoms with Crippen molar-refractivity contribution >= 4 is 5.91 Å². The minimum atomic E-state index is -0.639. The Labute approximate surface area is 146 Å². The van der Waals surface area contributed by atoms with Crippen molar-refractivity contribution in [2.45, 2.75) is 31.4 Å². The topological polar surface area (TPSA) is 49.8 Å². The van der Waals surface area contributed by atoms with E-state index >= 15 is 0 Å². The first-order valence-corrected chi connectivity index (χ1v) is 8.47. The molecular weight excluding hydrogens is 321 g/mol. The lowest BCUT2D eigenvalue weighted by molar-refractivity contribution is 0.0662. The molecule has 1 N–H and O–H groups in total. The van der Waals surface area contributed by atoms with E-state index in [1.807, 2.05) is 30.3 Å². The van der Waals surface area contributed by atoms with Crippen LogP contribution >= 0.6 is 0 Å². The summed E-state index contributed by atoms with van der Waals surface area (Å²) in [5, 5.41) is 10.4. The van der Waals surface area contributed by atoms with E-state index in [0.29, 0.717) is 18.7 Å². The molecule has 2 aromatic rings. The van der Waals surface area contributed by atoms with Gasteiger partial charge in [0.2, 0.25) is 0 Å². The summed E-state index contributed by atoms with van der Waals surface area (Å²) in [6.07, 6.45) is 1.48. The Kier molecular flexibility index (Phi) is 5.34. The van der Waals surface area contributed by atoms with Gasteiger partial charge in [-0.15, -0.1) is 0 Å². The monoisotopic (exact) mass is 343 g/mol. The van der Waals surface area contributed by atoms with Crippen LogP contribution in [0.25, 0.3) is 0 Å². The second kappa shape index (κ2) is 7.66. The van der Waals surface area contributed by atoms with Gasteiger partial charge in [-0.05, 0) is 37.0 Å². The van der Waals surface area contributed by atoms with E-state index in [-0.39, 0.29) is 17.5 Å². The van der Waals surface area contributed by atoms with Gasteiger partial charge >= 0.3 is 0 Å². The minimum Gasteiger partial charge on any atom is -0.497 e. The first kappa shape index (κ1) is 17.4. The fourth-order valence-corrected chi connectivity index (χ4v) is 3.37. The molecule has 1 fully saturated rings. The van der Waals surface area contributed by atoms with Crippen LogP contribution in [0.3, 0.4) is 0 Å². The highest BCUT2D eigenvalue weighted by Gasteiger charge is 2.32. The highest BCUT2D eigenvalue weighted by Crippen LogP contribution is 2.29. The third kappa shape index (κ3) is 3.82. The molecule has 4 nitrogen and oxygen atoms in total. The summed E-state index contributed by atoms with van der Waals surface area (Å²) in [7, 11) is 1.46. The van der Waals surface area contributed by atoms with Crippen molar-refractivity contribution < 1.29 is 19.0 Å². The van der Waals surface area contributed by atoms with E-state index in [1.54, 1.807) is 11.0 Å². The molecule has 0 saturated carbocycles. The molecule has 0 aromatic heterocycles. The van der Waals surface area contributed by atoms with E-state index in [4.69, 9.17) is 4.74 Å². The second-order valence-corrected chi connectivity index (χ2v) is 6.30. The zero-order valence-corrected chi connectivity index (χ0v) is 14.2. The van der Waals surface area contributed by atoms with Crippen LogP contribution in [0.4, 0.5) is 4.39 Å². The van der Waals surface area contributed by atoms with Crippen LogP contribution in [-0.4, -0.2) is 35.6 Å². The molecule has 2 unspecified atom stereocenters. The van der Waals surface area contributed by atoms with E-state index in [2.05, 4.69) is 0 Å². The van der Waals surface area contributed by atoms with Crippen LogP contribution in [0, 0.1) is 5.82 Å². The Balaban J connectivity index is 1.74. The summed E-state index contributed by atoms with van der Waals surface area (Å²) in [5.74, 6) is -0.534. The molecular formula is C20H22FNO3. The predicted octanol–water partition coefficient (Wildman–Crippen LogP) is 3.56. The molecule has 1 heterocycles. The normalized spacial score (nSPS) is 18.2. The largest absolute Gasteiger partial charge is 0.497 e. The fraction of sp³-hybridized carbons (Fsp3) is 0.350. The first-order chi connectivity index (χ1) is 12.1. The van der Waals surface area contributed by atoms with Crippen molar-refractivity contribution in [3.63, 3.8) is 0 Å². The van der Waals surface area contributed by atoms with Crippen molar-refractivity contribution in [2.24, 2.45) is 0 Å². The maximum absolute atomic E-state index is 14.2. The lowest BCUT2D eigenvalue weighted by Gasteiger charge is -2.27. The molecule has 0 radical (unpaired) electrons. The third-order valence-corrected chi connectivity index (χ3v) is 4.72. The molecule has 1 saturated heterocycles. The molecule has 1 amide bonds. The van der Waals surface area contributed by atoms with Crippen molar-refractivity contribution in [2.75, 3.05) is 13.7 Å². The van der Waals surface area contributed by atoms with Crippen molar-refractivity contribution in [3.8, 4) is 5.75 Å². The number of amides is 1. The standard InChI is InChI=1S/C20H22FNO3/c1-25-16-9-10-17(18(21)13-16)20(24)22-11-5-8-15(22)12-19(23)14-6-3-2-4-7-14/h2-4,6-7,9-10,13,15,19,23H,5,8,11-12H2,1H3. The van der Waals surface area contributed by atoms with E-state index < -0.39 is 11.9 Å². The zero-order valence-electron chi connectivity index (χ0n) is 14.2.